The molecule has 0 amide bonds. The van der Waals surface area contributed by atoms with Gasteiger partial charge in [0, 0.05) is 0 Å². The molecule has 0 radical (unpaired) electrons. The molecule has 8 nitrogen and oxygen atoms in total. The van der Waals surface area contributed by atoms with Crippen LogP contribution in [0.3, 0.4) is 0 Å². The zero-order valence-electron chi connectivity index (χ0n) is 12.2. The van der Waals surface area contributed by atoms with Gasteiger partial charge in [0.05, 0.1) is 56.4 Å². The van der Waals surface area contributed by atoms with Crippen LogP contribution in [0.4, 0.5) is 0 Å². The van der Waals surface area contributed by atoms with E-state index in [0.29, 0.717) is 0 Å². The van der Waals surface area contributed by atoms with Crippen LogP contribution < -0.4 is 0 Å². The van der Waals surface area contributed by atoms with Crippen LogP contribution in [0.2, 0.25) is 0 Å². The molecule has 0 aliphatic rings. The van der Waals surface area contributed by atoms with Crippen LogP contribution >= 0.6 is 0 Å². The SMILES string of the molecule is C[N+](C)(C)C.C[N+](C)(C)C.O=S(=O)([O-])S(=O)(=O)[O-]. The third-order valence-electron chi connectivity index (χ3n) is 0.250. The maximum atomic E-state index is 9.20. The molecule has 0 aromatic heterocycles. The molecule has 114 valence electrons. The van der Waals surface area contributed by atoms with Crippen molar-refractivity contribution in [1.82, 2.24) is 0 Å². The van der Waals surface area contributed by atoms with Gasteiger partial charge in [0.25, 0.3) is 0 Å². The quantitative estimate of drug-likeness (QED) is 0.335. The fraction of sp³-hybridized carbons (Fsp3) is 1.00. The van der Waals surface area contributed by atoms with E-state index in [1.165, 1.54) is 0 Å². The third kappa shape index (κ3) is 44.8. The number of quaternary nitrogens is 2. The molecule has 0 aliphatic heterocycles. The molecule has 0 bridgehead atoms. The van der Waals surface area contributed by atoms with E-state index in [4.69, 9.17) is 0 Å². The van der Waals surface area contributed by atoms with E-state index in [1.807, 2.05) is 0 Å². The van der Waals surface area contributed by atoms with Crippen molar-refractivity contribution in [3.63, 3.8) is 0 Å². The van der Waals surface area contributed by atoms with Gasteiger partial charge in [-0.25, -0.2) is 16.8 Å². The summed E-state index contributed by atoms with van der Waals surface area (Å²) in [6, 6.07) is 0. The lowest BCUT2D eigenvalue weighted by molar-refractivity contribution is -0.849. The van der Waals surface area contributed by atoms with Crippen LogP contribution in [-0.2, 0) is 18.3 Å². The Balaban J connectivity index is -0.000000197. The first-order chi connectivity index (χ1) is 7.25. The topological polar surface area (TPSA) is 114 Å². The van der Waals surface area contributed by atoms with Gasteiger partial charge in [-0.15, -0.1) is 0 Å². The van der Waals surface area contributed by atoms with Crippen molar-refractivity contribution < 1.29 is 34.9 Å². The number of hydrogen-bond donors (Lipinski definition) is 0. The van der Waals surface area contributed by atoms with Crippen molar-refractivity contribution in [2.45, 2.75) is 0 Å². The van der Waals surface area contributed by atoms with E-state index in [0.717, 1.165) is 8.97 Å². The second-order valence-corrected chi connectivity index (χ2v) is 10.3. The fourth-order valence-electron chi connectivity index (χ4n) is 0. The summed E-state index contributed by atoms with van der Waals surface area (Å²) >= 11 is 0. The Morgan fingerprint density at radius 1 is 0.556 bits per heavy atom. The average Bonchev–Trinajstić information content (AvgIpc) is 1.70. The zero-order chi connectivity index (χ0) is 16.0. The van der Waals surface area contributed by atoms with Gasteiger partial charge in [0.2, 0.25) is 0 Å². The van der Waals surface area contributed by atoms with Crippen LogP contribution in [-0.4, -0.2) is 91.3 Å². The monoisotopic (exact) mass is 308 g/mol. The molecule has 0 spiro atoms. The van der Waals surface area contributed by atoms with Crippen LogP contribution in [0.15, 0.2) is 0 Å². The van der Waals surface area contributed by atoms with Gasteiger partial charge in [-0.1, -0.05) is 0 Å². The van der Waals surface area contributed by atoms with Crippen LogP contribution in [0, 0.1) is 0 Å². The highest BCUT2D eigenvalue weighted by molar-refractivity contribution is 8.62. The Labute approximate surface area is 110 Å². The second kappa shape index (κ2) is 7.36. The molecule has 0 heterocycles. The molecule has 0 unspecified atom stereocenters. The number of nitrogens with zero attached hydrogens (tertiary/aromatic N) is 2. The molecule has 0 rings (SSSR count). The molecule has 0 fully saturated rings. The van der Waals surface area contributed by atoms with E-state index in [9.17, 15) is 25.9 Å². The molecule has 0 saturated carbocycles. The van der Waals surface area contributed by atoms with Crippen molar-refractivity contribution in [3.05, 3.63) is 0 Å². The molecule has 0 saturated heterocycles. The maximum Gasteiger partial charge on any atom is 0.191 e. The van der Waals surface area contributed by atoms with Gasteiger partial charge in [-0.3, -0.25) is 0 Å². The minimum atomic E-state index is -5.67. The molecule has 0 aromatic rings. The highest BCUT2D eigenvalue weighted by Gasteiger charge is 2.01. The summed E-state index contributed by atoms with van der Waals surface area (Å²) in [7, 11) is 5.65. The molecule has 0 N–H and O–H groups in total. The summed E-state index contributed by atoms with van der Waals surface area (Å²) in [6.45, 7) is 0. The van der Waals surface area contributed by atoms with Crippen molar-refractivity contribution in [1.29, 1.82) is 0 Å². The van der Waals surface area contributed by atoms with Gasteiger partial charge in [0.15, 0.2) is 18.3 Å². The highest BCUT2D eigenvalue weighted by Crippen LogP contribution is 1.90. The van der Waals surface area contributed by atoms with Crippen LogP contribution in [0.1, 0.15) is 0 Å². The summed E-state index contributed by atoms with van der Waals surface area (Å²) < 4.78 is 57.2. The molecule has 0 aromatic carbocycles. The van der Waals surface area contributed by atoms with E-state index in [2.05, 4.69) is 56.4 Å². The highest BCUT2D eigenvalue weighted by atomic mass is 33.2. The van der Waals surface area contributed by atoms with E-state index < -0.39 is 18.3 Å². The smallest absolute Gasteiger partial charge is 0.191 e. The molecule has 18 heavy (non-hydrogen) atoms. The molecule has 10 heteroatoms. The van der Waals surface area contributed by atoms with E-state index in [-0.39, 0.29) is 0 Å². The largest absolute Gasteiger partial charge is 0.736 e. The number of hydrogen-bond acceptors (Lipinski definition) is 6. The van der Waals surface area contributed by atoms with Crippen LogP contribution in [0.25, 0.3) is 0 Å². The Hall–Kier alpha value is -0.260. The van der Waals surface area contributed by atoms with Gasteiger partial charge in [-0.05, 0) is 0 Å². The summed E-state index contributed by atoms with van der Waals surface area (Å²) in [6.07, 6.45) is 0. The fourth-order valence-corrected chi connectivity index (χ4v) is 0. The lowest BCUT2D eigenvalue weighted by Gasteiger charge is -2.14. The molecule has 0 atom stereocenters. The standard InChI is InChI=1S/2C4H12N.H2O6S2/c2*1-5(2,3)4;1-7(2,3)8(4,5)6/h2*1-4H3;(H,1,2,3)(H,4,5,6)/q2*+1;/p-2. The minimum absolute atomic E-state index is 1.00. The predicted octanol–water partition coefficient (Wildman–Crippen LogP) is -1.36. The van der Waals surface area contributed by atoms with Gasteiger partial charge < -0.3 is 18.1 Å². The first-order valence-corrected chi connectivity index (χ1v) is 8.08. The lowest BCUT2D eigenvalue weighted by atomic mass is 10.8. The normalized spacial score (nSPS) is 12.8. The Kier molecular flexibility index (Phi) is 9.35. The van der Waals surface area contributed by atoms with E-state index >= 15 is 0 Å². The third-order valence-corrected chi connectivity index (χ3v) is 2.25. The van der Waals surface area contributed by atoms with Crippen molar-refractivity contribution in [2.75, 3.05) is 56.4 Å². The van der Waals surface area contributed by atoms with Gasteiger partial charge >= 0.3 is 0 Å². The molecular formula is C8H24N2O6S2. The minimum Gasteiger partial charge on any atom is -0.736 e. The second-order valence-electron chi connectivity index (χ2n) is 6.18. The number of rotatable bonds is 1. The summed E-state index contributed by atoms with van der Waals surface area (Å²) in [5.74, 6) is 0. The Bertz CT molecular complexity index is 359. The van der Waals surface area contributed by atoms with Crippen LogP contribution in [0.5, 0.6) is 0 Å². The zero-order valence-corrected chi connectivity index (χ0v) is 13.8. The predicted molar refractivity (Wildman–Crippen MR) is 67.3 cm³/mol. The average molecular weight is 308 g/mol. The lowest BCUT2D eigenvalue weighted by Crippen LogP contribution is -2.27. The molecule has 0 aliphatic carbocycles. The summed E-state index contributed by atoms with van der Waals surface area (Å²) in [5, 5.41) is 0. The maximum absolute atomic E-state index is 9.20. The van der Waals surface area contributed by atoms with Crippen molar-refractivity contribution in [3.8, 4) is 0 Å². The Morgan fingerprint density at radius 2 is 0.611 bits per heavy atom. The summed E-state index contributed by atoms with van der Waals surface area (Å²) in [5.41, 5.74) is 0. The molecular weight excluding hydrogens is 284 g/mol. The first kappa shape index (κ1) is 22.9. The van der Waals surface area contributed by atoms with E-state index in [1.54, 1.807) is 0 Å². The van der Waals surface area contributed by atoms with Gasteiger partial charge in [0.1, 0.15) is 0 Å². The summed E-state index contributed by atoms with van der Waals surface area (Å²) in [4.78, 5) is 0. The van der Waals surface area contributed by atoms with Gasteiger partial charge in [-0.2, -0.15) is 0 Å². The van der Waals surface area contributed by atoms with Crippen molar-refractivity contribution >= 4 is 18.3 Å². The first-order valence-electron chi connectivity index (χ1n) is 4.74. The van der Waals surface area contributed by atoms with Crippen molar-refractivity contribution in [2.24, 2.45) is 0 Å². The Morgan fingerprint density at radius 3 is 0.611 bits per heavy atom.